The molecule has 2 N–H and O–H groups in total. The fourth-order valence-electron chi connectivity index (χ4n) is 1.71. The third-order valence-electron chi connectivity index (χ3n) is 2.59. The van der Waals surface area contributed by atoms with Crippen molar-refractivity contribution < 1.29 is 9.59 Å². The minimum atomic E-state index is -0.486. The van der Waals surface area contributed by atoms with E-state index in [-0.39, 0.29) is 11.3 Å². The first-order valence-electron chi connectivity index (χ1n) is 6.09. The number of nitrogens with zero attached hydrogens (tertiary/aromatic N) is 4. The Balaban J connectivity index is 1.82. The molecule has 0 spiro atoms. The number of hydrogen-bond acceptors (Lipinski definition) is 7. The minimum absolute atomic E-state index is 0.0340. The lowest BCUT2D eigenvalue weighted by molar-refractivity contribution is 0.0988. The van der Waals surface area contributed by atoms with Gasteiger partial charge < -0.3 is 0 Å². The molecular weight excluding hydrogens is 324 g/mol. The maximum absolute atomic E-state index is 12.3. The Morgan fingerprint density at radius 1 is 1.05 bits per heavy atom. The second kappa shape index (κ2) is 6.03. The lowest BCUT2D eigenvalue weighted by Gasteiger charge is -2.02. The quantitative estimate of drug-likeness (QED) is 0.758. The number of aryl methyl sites for hydroxylation is 1. The Bertz CT molecular complexity index is 728. The SMILES string of the molecule is Cn1cc(C(=O)Nc2nccs2)c(C(=O)Nc2nccs2)n1. The third kappa shape index (κ3) is 3.02. The van der Waals surface area contributed by atoms with Crippen LogP contribution in [0.25, 0.3) is 0 Å². The molecule has 112 valence electrons. The zero-order valence-electron chi connectivity index (χ0n) is 11.3. The summed E-state index contributed by atoms with van der Waals surface area (Å²) >= 11 is 2.58. The van der Waals surface area contributed by atoms with Crippen LogP contribution in [0.3, 0.4) is 0 Å². The molecule has 0 atom stereocenters. The molecule has 0 unspecified atom stereocenters. The maximum atomic E-state index is 12.3. The van der Waals surface area contributed by atoms with Crippen molar-refractivity contribution >= 4 is 44.8 Å². The number of nitrogens with one attached hydrogen (secondary N) is 2. The molecule has 0 aromatic carbocycles. The predicted molar refractivity (Wildman–Crippen MR) is 83.3 cm³/mol. The molecule has 3 heterocycles. The molecule has 0 aliphatic heterocycles. The molecule has 22 heavy (non-hydrogen) atoms. The minimum Gasteiger partial charge on any atom is -0.298 e. The van der Waals surface area contributed by atoms with E-state index in [0.29, 0.717) is 10.3 Å². The van der Waals surface area contributed by atoms with E-state index in [1.54, 1.807) is 30.2 Å². The summed E-state index contributed by atoms with van der Waals surface area (Å²) in [5.41, 5.74) is 0.207. The number of carbonyl (C=O) groups excluding carboxylic acids is 2. The molecule has 0 saturated heterocycles. The zero-order valence-corrected chi connectivity index (χ0v) is 12.9. The zero-order chi connectivity index (χ0) is 15.5. The maximum Gasteiger partial charge on any atom is 0.278 e. The van der Waals surface area contributed by atoms with Crippen LogP contribution in [0.5, 0.6) is 0 Å². The molecule has 0 aliphatic carbocycles. The van der Waals surface area contributed by atoms with Crippen molar-refractivity contribution in [3.63, 3.8) is 0 Å². The van der Waals surface area contributed by atoms with Gasteiger partial charge in [-0.3, -0.25) is 24.9 Å². The van der Waals surface area contributed by atoms with Crippen LogP contribution in [0.2, 0.25) is 0 Å². The van der Waals surface area contributed by atoms with Crippen LogP contribution in [0.15, 0.2) is 29.4 Å². The first kappa shape index (κ1) is 14.4. The van der Waals surface area contributed by atoms with Crippen molar-refractivity contribution in [2.24, 2.45) is 7.05 Å². The summed E-state index contributed by atoms with van der Waals surface area (Å²) in [6.45, 7) is 0. The van der Waals surface area contributed by atoms with E-state index in [1.165, 1.54) is 33.6 Å². The Hall–Kier alpha value is -2.59. The normalized spacial score (nSPS) is 10.4. The highest BCUT2D eigenvalue weighted by molar-refractivity contribution is 7.14. The van der Waals surface area contributed by atoms with Gasteiger partial charge in [-0.05, 0) is 0 Å². The summed E-state index contributed by atoms with van der Waals surface area (Å²) in [5, 5.41) is 13.7. The molecule has 0 fully saturated rings. The molecule has 0 bridgehead atoms. The van der Waals surface area contributed by atoms with Crippen molar-refractivity contribution in [2.45, 2.75) is 0 Å². The van der Waals surface area contributed by atoms with E-state index in [1.807, 2.05) is 0 Å². The van der Waals surface area contributed by atoms with Crippen molar-refractivity contribution in [1.82, 2.24) is 19.7 Å². The van der Waals surface area contributed by atoms with Crippen LogP contribution in [-0.4, -0.2) is 31.6 Å². The van der Waals surface area contributed by atoms with Crippen molar-refractivity contribution in [1.29, 1.82) is 0 Å². The number of aromatic nitrogens is 4. The summed E-state index contributed by atoms with van der Waals surface area (Å²) in [4.78, 5) is 32.4. The van der Waals surface area contributed by atoms with Crippen LogP contribution in [0.4, 0.5) is 10.3 Å². The first-order valence-corrected chi connectivity index (χ1v) is 7.85. The molecular formula is C12H10N6O2S2. The molecule has 2 amide bonds. The fraction of sp³-hybridized carbons (Fsp3) is 0.0833. The van der Waals surface area contributed by atoms with Gasteiger partial charge in [-0.1, -0.05) is 0 Å². The highest BCUT2D eigenvalue weighted by atomic mass is 32.1. The van der Waals surface area contributed by atoms with Crippen LogP contribution in [0.1, 0.15) is 20.8 Å². The van der Waals surface area contributed by atoms with E-state index in [2.05, 4.69) is 25.7 Å². The van der Waals surface area contributed by atoms with E-state index in [9.17, 15) is 9.59 Å². The number of anilines is 2. The van der Waals surface area contributed by atoms with Gasteiger partial charge in [0.2, 0.25) is 0 Å². The van der Waals surface area contributed by atoms with Gasteiger partial charge in [0.15, 0.2) is 16.0 Å². The average Bonchev–Trinajstić information content (AvgIpc) is 3.19. The number of thiazole rings is 2. The van der Waals surface area contributed by atoms with Gasteiger partial charge in [0.05, 0.1) is 5.56 Å². The van der Waals surface area contributed by atoms with Crippen LogP contribution < -0.4 is 10.6 Å². The van der Waals surface area contributed by atoms with E-state index >= 15 is 0 Å². The standard InChI is InChI=1S/C12H10N6O2S2/c1-18-6-7(9(19)15-11-13-2-4-21-11)8(17-18)10(20)16-12-14-3-5-22-12/h2-6H,1H3,(H,13,15,19)(H,14,16,20). The topological polar surface area (TPSA) is 102 Å². The second-order valence-electron chi connectivity index (χ2n) is 4.15. The van der Waals surface area contributed by atoms with Gasteiger partial charge >= 0.3 is 0 Å². The molecule has 3 rings (SSSR count). The molecule has 8 nitrogen and oxygen atoms in total. The number of amides is 2. The smallest absolute Gasteiger partial charge is 0.278 e. The third-order valence-corrected chi connectivity index (χ3v) is 3.97. The highest BCUT2D eigenvalue weighted by Gasteiger charge is 2.22. The monoisotopic (exact) mass is 334 g/mol. The Morgan fingerprint density at radius 3 is 2.18 bits per heavy atom. The lowest BCUT2D eigenvalue weighted by atomic mass is 10.2. The van der Waals surface area contributed by atoms with Crippen LogP contribution in [-0.2, 0) is 7.05 Å². The van der Waals surface area contributed by atoms with Gasteiger partial charge in [-0.15, -0.1) is 22.7 Å². The largest absolute Gasteiger partial charge is 0.298 e. The van der Waals surface area contributed by atoms with Crippen molar-refractivity contribution in [2.75, 3.05) is 10.6 Å². The molecule has 10 heteroatoms. The van der Waals surface area contributed by atoms with Crippen LogP contribution >= 0.6 is 22.7 Å². The molecule has 3 aromatic rings. The van der Waals surface area contributed by atoms with Gasteiger partial charge in [0.1, 0.15) is 0 Å². The van der Waals surface area contributed by atoms with Crippen molar-refractivity contribution in [3.8, 4) is 0 Å². The summed E-state index contributed by atoms with van der Waals surface area (Å²) in [7, 11) is 1.64. The summed E-state index contributed by atoms with van der Waals surface area (Å²) in [5.74, 6) is -0.924. The van der Waals surface area contributed by atoms with E-state index < -0.39 is 11.8 Å². The number of rotatable bonds is 4. The molecule has 0 aliphatic rings. The van der Waals surface area contributed by atoms with Gasteiger partial charge in [-0.2, -0.15) is 5.10 Å². The summed E-state index contributed by atoms with van der Waals surface area (Å²) < 4.78 is 1.41. The average molecular weight is 334 g/mol. The first-order chi connectivity index (χ1) is 10.6. The second-order valence-corrected chi connectivity index (χ2v) is 5.94. The van der Waals surface area contributed by atoms with E-state index in [0.717, 1.165) is 0 Å². The summed E-state index contributed by atoms with van der Waals surface area (Å²) in [6, 6.07) is 0. The highest BCUT2D eigenvalue weighted by Crippen LogP contribution is 2.16. The number of carbonyl (C=O) groups is 2. The predicted octanol–water partition coefficient (Wildman–Crippen LogP) is 1.84. The molecule has 3 aromatic heterocycles. The Labute approximate surface area is 132 Å². The Morgan fingerprint density at radius 2 is 1.64 bits per heavy atom. The fourth-order valence-corrected chi connectivity index (χ4v) is 2.76. The summed E-state index contributed by atoms with van der Waals surface area (Å²) in [6.07, 6.45) is 4.65. The molecule has 0 saturated carbocycles. The van der Waals surface area contributed by atoms with Crippen molar-refractivity contribution in [3.05, 3.63) is 40.6 Å². The lowest BCUT2D eigenvalue weighted by Crippen LogP contribution is -2.19. The van der Waals surface area contributed by atoms with E-state index in [4.69, 9.17) is 0 Å². The van der Waals surface area contributed by atoms with Gasteiger partial charge in [-0.25, -0.2) is 9.97 Å². The van der Waals surface area contributed by atoms with Crippen LogP contribution in [0, 0.1) is 0 Å². The Kier molecular flexibility index (Phi) is 3.94. The van der Waals surface area contributed by atoms with Gasteiger partial charge in [0, 0.05) is 36.4 Å². The number of hydrogen-bond donors (Lipinski definition) is 2. The van der Waals surface area contributed by atoms with Gasteiger partial charge in [0.25, 0.3) is 11.8 Å². The molecule has 0 radical (unpaired) electrons.